The van der Waals surface area contributed by atoms with E-state index in [-0.39, 0.29) is 6.29 Å². The molecule has 0 atom stereocenters. The first-order valence-corrected chi connectivity index (χ1v) is 7.02. The summed E-state index contributed by atoms with van der Waals surface area (Å²) in [6, 6.07) is 0. The molecule has 0 aromatic carbocycles. The van der Waals surface area contributed by atoms with E-state index in [0.717, 1.165) is 13.0 Å². The Balaban J connectivity index is 3.20. The lowest BCUT2D eigenvalue weighted by molar-refractivity contribution is -0.110. The molecule has 0 heterocycles. The van der Waals surface area contributed by atoms with Crippen molar-refractivity contribution >= 4 is 9.76 Å². The second-order valence-corrected chi connectivity index (χ2v) is 4.59. The first-order chi connectivity index (χ1) is 7.35. The molecule has 0 saturated carbocycles. The Labute approximate surface area is 95.7 Å². The van der Waals surface area contributed by atoms with Gasteiger partial charge in [-0.05, 0) is 6.42 Å². The highest BCUT2D eigenvalue weighted by Crippen LogP contribution is 1.98. The molecule has 0 amide bonds. The standard InChI is InChI=1S/C11H24O3Si/c1-4-5-6-7-10-15-14-9-8-11(12-2)13-3/h7,10-11H,4-6,8-9,15H2,1-3H3. The van der Waals surface area contributed by atoms with Crippen LogP contribution in [-0.2, 0) is 13.9 Å². The molecule has 15 heavy (non-hydrogen) atoms. The summed E-state index contributed by atoms with van der Waals surface area (Å²) in [4.78, 5) is 0. The van der Waals surface area contributed by atoms with Crippen LogP contribution in [-0.4, -0.2) is 36.9 Å². The summed E-state index contributed by atoms with van der Waals surface area (Å²) in [5, 5.41) is 0. The van der Waals surface area contributed by atoms with E-state index < -0.39 is 9.76 Å². The van der Waals surface area contributed by atoms with Crippen LogP contribution in [0.2, 0.25) is 0 Å². The first-order valence-electron chi connectivity index (χ1n) is 5.63. The van der Waals surface area contributed by atoms with Crippen LogP contribution in [0, 0.1) is 0 Å². The number of hydrogen-bond donors (Lipinski definition) is 0. The lowest BCUT2D eigenvalue weighted by atomic mass is 10.2. The molecule has 0 spiro atoms. The third-order valence-electron chi connectivity index (χ3n) is 2.13. The lowest BCUT2D eigenvalue weighted by Gasteiger charge is -2.12. The van der Waals surface area contributed by atoms with Gasteiger partial charge in [-0.25, -0.2) is 0 Å². The van der Waals surface area contributed by atoms with Crippen molar-refractivity contribution in [3.63, 3.8) is 0 Å². The highest BCUT2D eigenvalue weighted by atomic mass is 28.2. The minimum atomic E-state index is -0.467. The normalized spacial score (nSPS) is 12.5. The van der Waals surface area contributed by atoms with Crippen molar-refractivity contribution < 1.29 is 13.9 Å². The van der Waals surface area contributed by atoms with E-state index in [4.69, 9.17) is 13.9 Å². The minimum absolute atomic E-state index is 0.122. The number of unbranched alkanes of at least 4 members (excludes halogenated alkanes) is 2. The van der Waals surface area contributed by atoms with Gasteiger partial charge in [0.05, 0.1) is 0 Å². The van der Waals surface area contributed by atoms with Gasteiger partial charge in [0.25, 0.3) is 0 Å². The number of methoxy groups -OCH3 is 2. The van der Waals surface area contributed by atoms with Crippen molar-refractivity contribution in [3.8, 4) is 0 Å². The maximum absolute atomic E-state index is 5.54. The van der Waals surface area contributed by atoms with Gasteiger partial charge < -0.3 is 13.9 Å². The molecule has 90 valence electrons. The largest absolute Gasteiger partial charge is 0.419 e. The molecular formula is C11H24O3Si. The Morgan fingerprint density at radius 2 is 2.00 bits per heavy atom. The Bertz CT molecular complexity index is 147. The van der Waals surface area contributed by atoms with E-state index >= 15 is 0 Å². The average molecular weight is 232 g/mol. The fraction of sp³-hybridized carbons (Fsp3) is 0.818. The third kappa shape index (κ3) is 10.1. The number of allylic oxidation sites excluding steroid dienone is 1. The van der Waals surface area contributed by atoms with Crippen molar-refractivity contribution in [3.05, 3.63) is 11.8 Å². The van der Waals surface area contributed by atoms with Crippen molar-refractivity contribution in [1.82, 2.24) is 0 Å². The monoisotopic (exact) mass is 232 g/mol. The maximum atomic E-state index is 5.54. The van der Waals surface area contributed by atoms with E-state index in [1.807, 2.05) is 0 Å². The summed E-state index contributed by atoms with van der Waals surface area (Å²) in [5.41, 5.74) is 2.21. The van der Waals surface area contributed by atoms with Gasteiger partial charge in [-0.2, -0.15) is 0 Å². The maximum Gasteiger partial charge on any atom is 0.184 e. The van der Waals surface area contributed by atoms with E-state index in [2.05, 4.69) is 18.7 Å². The van der Waals surface area contributed by atoms with E-state index in [1.54, 1.807) is 14.2 Å². The zero-order chi connectivity index (χ0) is 11.4. The van der Waals surface area contributed by atoms with Crippen molar-refractivity contribution in [1.29, 1.82) is 0 Å². The second-order valence-electron chi connectivity index (χ2n) is 3.38. The van der Waals surface area contributed by atoms with Gasteiger partial charge in [0, 0.05) is 27.2 Å². The SMILES string of the molecule is CCCCC=C[SiH2]OCCC(OC)OC. The zero-order valence-corrected chi connectivity index (χ0v) is 11.6. The summed E-state index contributed by atoms with van der Waals surface area (Å²) >= 11 is 0. The van der Waals surface area contributed by atoms with Crippen LogP contribution in [0.4, 0.5) is 0 Å². The van der Waals surface area contributed by atoms with Crippen LogP contribution in [0.3, 0.4) is 0 Å². The van der Waals surface area contributed by atoms with Crippen LogP contribution in [0.1, 0.15) is 32.6 Å². The van der Waals surface area contributed by atoms with Gasteiger partial charge in [-0.3, -0.25) is 0 Å². The van der Waals surface area contributed by atoms with Crippen LogP contribution >= 0.6 is 0 Å². The molecule has 0 aliphatic rings. The second kappa shape index (κ2) is 11.9. The summed E-state index contributed by atoms with van der Waals surface area (Å²) in [5.74, 6) is 0. The van der Waals surface area contributed by atoms with Crippen LogP contribution in [0.15, 0.2) is 11.8 Å². The highest BCUT2D eigenvalue weighted by Gasteiger charge is 2.02. The van der Waals surface area contributed by atoms with Gasteiger partial charge in [0.2, 0.25) is 0 Å². The molecule has 0 bridgehead atoms. The van der Waals surface area contributed by atoms with Gasteiger partial charge in [-0.1, -0.05) is 31.5 Å². The number of rotatable bonds is 10. The molecule has 0 aliphatic carbocycles. The Hall–Kier alpha value is -0.163. The quantitative estimate of drug-likeness (QED) is 0.326. The molecule has 0 aromatic rings. The molecule has 0 radical (unpaired) electrons. The minimum Gasteiger partial charge on any atom is -0.419 e. The smallest absolute Gasteiger partial charge is 0.184 e. The summed E-state index contributed by atoms with van der Waals surface area (Å²) in [6.45, 7) is 2.94. The molecular weight excluding hydrogens is 208 g/mol. The van der Waals surface area contributed by atoms with Crippen molar-refractivity contribution in [2.75, 3.05) is 20.8 Å². The van der Waals surface area contributed by atoms with Gasteiger partial charge in [0.1, 0.15) is 0 Å². The fourth-order valence-electron chi connectivity index (χ4n) is 1.17. The summed E-state index contributed by atoms with van der Waals surface area (Å²) < 4.78 is 15.6. The molecule has 4 heteroatoms. The first kappa shape index (κ1) is 14.8. The van der Waals surface area contributed by atoms with E-state index in [0.29, 0.717) is 0 Å². The number of hydrogen-bond acceptors (Lipinski definition) is 3. The molecule has 3 nitrogen and oxygen atoms in total. The Morgan fingerprint density at radius 3 is 2.60 bits per heavy atom. The van der Waals surface area contributed by atoms with Crippen molar-refractivity contribution in [2.24, 2.45) is 0 Å². The van der Waals surface area contributed by atoms with Crippen molar-refractivity contribution in [2.45, 2.75) is 38.9 Å². The summed E-state index contributed by atoms with van der Waals surface area (Å²) in [6.07, 6.45) is 6.65. The van der Waals surface area contributed by atoms with Gasteiger partial charge in [-0.15, -0.1) is 0 Å². The third-order valence-corrected chi connectivity index (χ3v) is 3.18. The topological polar surface area (TPSA) is 27.7 Å². The number of ether oxygens (including phenoxy) is 2. The molecule has 0 aliphatic heterocycles. The zero-order valence-electron chi connectivity index (χ0n) is 10.2. The van der Waals surface area contributed by atoms with Crippen LogP contribution in [0.25, 0.3) is 0 Å². The molecule has 0 rings (SSSR count). The van der Waals surface area contributed by atoms with Crippen LogP contribution < -0.4 is 0 Å². The predicted molar refractivity (Wildman–Crippen MR) is 65.6 cm³/mol. The van der Waals surface area contributed by atoms with Gasteiger partial charge in [0.15, 0.2) is 16.1 Å². The summed E-state index contributed by atoms with van der Waals surface area (Å²) in [7, 11) is 2.83. The van der Waals surface area contributed by atoms with Gasteiger partial charge >= 0.3 is 0 Å². The Morgan fingerprint density at radius 1 is 1.27 bits per heavy atom. The van der Waals surface area contributed by atoms with E-state index in [1.165, 1.54) is 19.3 Å². The average Bonchev–Trinajstić information content (AvgIpc) is 2.27. The van der Waals surface area contributed by atoms with Crippen LogP contribution in [0.5, 0.6) is 0 Å². The highest BCUT2D eigenvalue weighted by molar-refractivity contribution is 6.34. The predicted octanol–water partition coefficient (Wildman–Crippen LogP) is 1.80. The molecule has 0 aromatic heterocycles. The molecule has 0 fully saturated rings. The molecule has 0 saturated heterocycles. The lowest BCUT2D eigenvalue weighted by Crippen LogP contribution is -2.16. The molecule has 0 unspecified atom stereocenters. The fourth-order valence-corrected chi connectivity index (χ4v) is 2.01. The van der Waals surface area contributed by atoms with E-state index in [9.17, 15) is 0 Å². The Kier molecular flexibility index (Phi) is 11.8. The molecule has 0 N–H and O–H groups in total.